The molecule has 3 rings (SSSR count). The van der Waals surface area contributed by atoms with Crippen LogP contribution in [-0.4, -0.2) is 57.2 Å². The number of rotatable bonds is 8. The molecule has 2 aromatic carbocycles. The summed E-state index contributed by atoms with van der Waals surface area (Å²) in [6, 6.07) is 13.5. The van der Waals surface area contributed by atoms with Gasteiger partial charge in [-0.05, 0) is 31.8 Å². The monoisotopic (exact) mass is 435 g/mol. The normalized spacial score (nSPS) is 10.7. The quantitative estimate of drug-likeness (QED) is 0.537. The molecule has 0 spiro atoms. The number of methoxy groups -OCH3 is 2. The maximum absolute atomic E-state index is 13.1. The molecule has 0 aliphatic carbocycles. The fraction of sp³-hybridized carbons (Fsp3) is 0.333. The summed E-state index contributed by atoms with van der Waals surface area (Å²) in [7, 11) is 7.23. The number of likely N-dealkylation sites (N-methyl/N-ethyl adjacent to an activating group) is 1. The van der Waals surface area contributed by atoms with Crippen molar-refractivity contribution >= 4 is 45.0 Å². The highest BCUT2D eigenvalue weighted by molar-refractivity contribution is 7.22. The molecule has 3 aromatic rings. The van der Waals surface area contributed by atoms with Crippen molar-refractivity contribution in [1.29, 1.82) is 0 Å². The van der Waals surface area contributed by atoms with E-state index in [0.717, 1.165) is 22.6 Å². The van der Waals surface area contributed by atoms with Crippen LogP contribution in [0.3, 0.4) is 0 Å². The van der Waals surface area contributed by atoms with Crippen LogP contribution in [0.15, 0.2) is 42.5 Å². The molecule has 0 N–H and O–H groups in total. The van der Waals surface area contributed by atoms with Crippen molar-refractivity contribution in [3.63, 3.8) is 0 Å². The Hall–Kier alpha value is -2.35. The summed E-state index contributed by atoms with van der Waals surface area (Å²) in [6.45, 7) is 1.30. The van der Waals surface area contributed by atoms with Crippen LogP contribution in [-0.2, 0) is 11.2 Å². The van der Waals surface area contributed by atoms with Gasteiger partial charge in [-0.2, -0.15) is 0 Å². The van der Waals surface area contributed by atoms with Crippen LogP contribution >= 0.6 is 23.7 Å². The van der Waals surface area contributed by atoms with Gasteiger partial charge in [0.1, 0.15) is 21.7 Å². The minimum Gasteiger partial charge on any atom is -0.495 e. The lowest BCUT2D eigenvalue weighted by Crippen LogP contribution is -2.37. The highest BCUT2D eigenvalue weighted by atomic mass is 35.5. The van der Waals surface area contributed by atoms with E-state index in [1.54, 1.807) is 19.1 Å². The molecule has 0 saturated heterocycles. The van der Waals surface area contributed by atoms with E-state index in [2.05, 4.69) is 4.90 Å². The van der Waals surface area contributed by atoms with Crippen LogP contribution in [0.2, 0.25) is 0 Å². The first kappa shape index (κ1) is 22.9. The summed E-state index contributed by atoms with van der Waals surface area (Å²) in [6.07, 6.45) is 0.332. The highest BCUT2D eigenvalue weighted by Crippen LogP contribution is 2.40. The Morgan fingerprint density at radius 3 is 2.28 bits per heavy atom. The zero-order valence-electron chi connectivity index (χ0n) is 17.0. The minimum atomic E-state index is 0. The Kier molecular flexibility index (Phi) is 8.25. The molecule has 29 heavy (non-hydrogen) atoms. The molecular formula is C21H26ClN3O3S. The van der Waals surface area contributed by atoms with E-state index in [4.69, 9.17) is 14.5 Å². The van der Waals surface area contributed by atoms with Crippen molar-refractivity contribution in [1.82, 2.24) is 9.88 Å². The molecule has 0 aliphatic rings. The Morgan fingerprint density at radius 1 is 1.00 bits per heavy atom. The van der Waals surface area contributed by atoms with Gasteiger partial charge in [-0.15, -0.1) is 12.4 Å². The van der Waals surface area contributed by atoms with Crippen molar-refractivity contribution < 1.29 is 14.3 Å². The number of hydrogen-bond donors (Lipinski definition) is 0. The molecule has 1 heterocycles. The summed E-state index contributed by atoms with van der Waals surface area (Å²) in [5, 5.41) is 0.653. The Balaban J connectivity index is 0.00000300. The second-order valence-corrected chi connectivity index (χ2v) is 7.63. The third kappa shape index (κ3) is 5.38. The summed E-state index contributed by atoms with van der Waals surface area (Å²) < 4.78 is 11.8. The molecule has 1 aromatic heterocycles. The van der Waals surface area contributed by atoms with Gasteiger partial charge in [0.05, 0.1) is 20.6 Å². The lowest BCUT2D eigenvalue weighted by molar-refractivity contribution is -0.118. The van der Waals surface area contributed by atoms with Crippen LogP contribution in [0.1, 0.15) is 5.56 Å². The van der Waals surface area contributed by atoms with Crippen LogP contribution in [0, 0.1) is 0 Å². The lowest BCUT2D eigenvalue weighted by atomic mass is 10.1. The number of carbonyl (C=O) groups excluding carboxylic acids is 1. The molecule has 8 heteroatoms. The zero-order valence-corrected chi connectivity index (χ0v) is 18.7. The van der Waals surface area contributed by atoms with Crippen molar-refractivity contribution in [2.24, 2.45) is 0 Å². The number of hydrogen-bond acceptors (Lipinski definition) is 6. The van der Waals surface area contributed by atoms with Gasteiger partial charge in [-0.3, -0.25) is 9.69 Å². The van der Waals surface area contributed by atoms with Gasteiger partial charge in [-0.1, -0.05) is 41.7 Å². The molecule has 0 bridgehead atoms. The zero-order chi connectivity index (χ0) is 20.1. The second kappa shape index (κ2) is 10.4. The molecular weight excluding hydrogens is 410 g/mol. The number of halogens is 1. The molecule has 6 nitrogen and oxygen atoms in total. The van der Waals surface area contributed by atoms with Gasteiger partial charge in [0.15, 0.2) is 5.13 Å². The maximum Gasteiger partial charge on any atom is 0.233 e. The molecule has 0 radical (unpaired) electrons. The topological polar surface area (TPSA) is 54.9 Å². The third-order valence-electron chi connectivity index (χ3n) is 4.40. The third-order valence-corrected chi connectivity index (χ3v) is 5.49. The summed E-state index contributed by atoms with van der Waals surface area (Å²) >= 11 is 1.45. The first-order chi connectivity index (χ1) is 13.5. The number of ether oxygens (including phenoxy) is 2. The number of amides is 1. The van der Waals surface area contributed by atoms with Gasteiger partial charge in [0.25, 0.3) is 0 Å². The van der Waals surface area contributed by atoms with Gasteiger partial charge in [0.2, 0.25) is 5.91 Å². The molecule has 0 unspecified atom stereocenters. The van der Waals surface area contributed by atoms with Gasteiger partial charge in [-0.25, -0.2) is 4.98 Å². The van der Waals surface area contributed by atoms with Crippen LogP contribution in [0.25, 0.3) is 10.2 Å². The van der Waals surface area contributed by atoms with Crippen LogP contribution < -0.4 is 14.4 Å². The van der Waals surface area contributed by atoms with Crippen molar-refractivity contribution in [3.05, 3.63) is 48.0 Å². The number of fused-ring (bicyclic) bond motifs is 1. The highest BCUT2D eigenvalue weighted by Gasteiger charge is 2.22. The maximum atomic E-state index is 13.1. The van der Waals surface area contributed by atoms with E-state index in [0.29, 0.717) is 29.4 Å². The second-order valence-electron chi connectivity index (χ2n) is 6.66. The van der Waals surface area contributed by atoms with Gasteiger partial charge >= 0.3 is 0 Å². The van der Waals surface area contributed by atoms with Gasteiger partial charge in [0, 0.05) is 13.1 Å². The van der Waals surface area contributed by atoms with E-state index in [1.165, 1.54) is 11.3 Å². The average molecular weight is 436 g/mol. The van der Waals surface area contributed by atoms with Crippen LogP contribution in [0.5, 0.6) is 11.5 Å². The fourth-order valence-corrected chi connectivity index (χ4v) is 4.00. The standard InChI is InChI=1S/C21H25N3O3S.ClH/c1-23(2)12-13-24(18(25)14-15-8-6-5-7-9-15)21-22-19-16(26-3)10-11-17(27-4)20(19)28-21;/h5-11H,12-14H2,1-4H3;1H. The van der Waals surface area contributed by atoms with E-state index in [-0.39, 0.29) is 18.3 Å². The van der Waals surface area contributed by atoms with Crippen LogP contribution in [0.4, 0.5) is 5.13 Å². The molecule has 0 aliphatic heterocycles. The van der Waals surface area contributed by atoms with Crippen molar-refractivity contribution in [2.75, 3.05) is 46.3 Å². The summed E-state index contributed by atoms with van der Waals surface area (Å²) in [5.41, 5.74) is 1.70. The SMILES string of the molecule is COc1ccc(OC)c2sc(N(CCN(C)C)C(=O)Cc3ccccc3)nc12.Cl. The fourth-order valence-electron chi connectivity index (χ4n) is 2.88. The van der Waals surface area contributed by atoms with E-state index in [9.17, 15) is 4.79 Å². The number of nitrogens with zero attached hydrogens (tertiary/aromatic N) is 3. The number of aromatic nitrogens is 1. The van der Waals surface area contributed by atoms with E-state index in [1.807, 2.05) is 56.6 Å². The molecule has 0 fully saturated rings. The van der Waals surface area contributed by atoms with Gasteiger partial charge < -0.3 is 14.4 Å². The molecule has 156 valence electrons. The number of thiazole rings is 1. The molecule has 0 saturated carbocycles. The first-order valence-corrected chi connectivity index (χ1v) is 9.85. The number of carbonyl (C=O) groups is 1. The Labute approximate surface area is 181 Å². The van der Waals surface area contributed by atoms with Crippen molar-refractivity contribution in [3.8, 4) is 11.5 Å². The van der Waals surface area contributed by atoms with Crippen molar-refractivity contribution in [2.45, 2.75) is 6.42 Å². The Morgan fingerprint density at radius 2 is 1.66 bits per heavy atom. The number of benzene rings is 2. The smallest absolute Gasteiger partial charge is 0.233 e. The summed E-state index contributed by atoms with van der Waals surface area (Å²) in [4.78, 5) is 21.7. The largest absolute Gasteiger partial charge is 0.495 e. The number of anilines is 1. The summed E-state index contributed by atoms with van der Waals surface area (Å²) in [5.74, 6) is 1.41. The average Bonchev–Trinajstić information content (AvgIpc) is 3.13. The van der Waals surface area contributed by atoms with E-state index < -0.39 is 0 Å². The first-order valence-electron chi connectivity index (χ1n) is 9.04. The predicted molar refractivity (Wildman–Crippen MR) is 121 cm³/mol. The molecule has 1 amide bonds. The Bertz CT molecular complexity index is 906. The van der Waals surface area contributed by atoms with E-state index >= 15 is 0 Å². The molecule has 0 atom stereocenters. The minimum absolute atomic E-state index is 0. The lowest BCUT2D eigenvalue weighted by Gasteiger charge is -2.22. The predicted octanol–water partition coefficient (Wildman–Crippen LogP) is 3.87.